The van der Waals surface area contributed by atoms with E-state index in [4.69, 9.17) is 10.6 Å². The first-order chi connectivity index (χ1) is 18.9. The molecule has 1 aliphatic carbocycles. The predicted octanol–water partition coefficient (Wildman–Crippen LogP) is 3.26. The average molecular weight is 551 g/mol. The Kier molecular flexibility index (Phi) is 8.52. The van der Waals surface area contributed by atoms with Gasteiger partial charge in [0.15, 0.2) is 6.23 Å². The lowest BCUT2D eigenvalue weighted by atomic mass is 9.91. The number of amides is 3. The van der Waals surface area contributed by atoms with Crippen LogP contribution in [0, 0.1) is 0 Å². The second-order valence-corrected chi connectivity index (χ2v) is 11.3. The van der Waals surface area contributed by atoms with E-state index in [1.165, 1.54) is 16.7 Å². The van der Waals surface area contributed by atoms with Crippen molar-refractivity contribution in [3.63, 3.8) is 0 Å². The molecule has 2 unspecified atom stereocenters. The summed E-state index contributed by atoms with van der Waals surface area (Å²) >= 11 is 1.44. The number of hydrazine groups is 1. The summed E-state index contributed by atoms with van der Waals surface area (Å²) in [4.78, 5) is 58.0. The number of nitrogens with two attached hydrogens (primary N) is 1. The number of para-hydroxylation sites is 1. The molecule has 206 valence electrons. The quantitative estimate of drug-likeness (QED) is 0.200. The van der Waals surface area contributed by atoms with Crippen molar-refractivity contribution in [3.8, 4) is 0 Å². The van der Waals surface area contributed by atoms with Crippen LogP contribution in [-0.2, 0) is 30.3 Å². The van der Waals surface area contributed by atoms with Crippen molar-refractivity contribution in [1.82, 2.24) is 9.80 Å². The van der Waals surface area contributed by atoms with E-state index in [9.17, 15) is 19.2 Å². The summed E-state index contributed by atoms with van der Waals surface area (Å²) in [5.74, 6) is 4.00. The first kappa shape index (κ1) is 27.2. The van der Waals surface area contributed by atoms with Crippen molar-refractivity contribution in [2.24, 2.45) is 5.84 Å². The average Bonchev–Trinajstić information content (AvgIpc) is 3.43. The first-order valence-electron chi connectivity index (χ1n) is 13.6. The van der Waals surface area contributed by atoms with Crippen LogP contribution in [0.3, 0.4) is 0 Å². The van der Waals surface area contributed by atoms with E-state index in [2.05, 4.69) is 0 Å². The molecule has 3 amide bonds. The molecule has 2 aliphatic heterocycles. The summed E-state index contributed by atoms with van der Waals surface area (Å²) in [6.07, 6.45) is 4.95. The molecule has 39 heavy (non-hydrogen) atoms. The molecule has 2 fully saturated rings. The molecule has 2 aromatic rings. The Morgan fingerprint density at radius 3 is 2.41 bits per heavy atom. The maximum atomic E-state index is 13.9. The van der Waals surface area contributed by atoms with E-state index >= 15 is 0 Å². The number of hydrogen-bond donors (Lipinski definition) is 1. The van der Waals surface area contributed by atoms with Gasteiger partial charge >= 0.3 is 17.8 Å². The molecule has 3 aliphatic rings. The topological polar surface area (TPSA) is 113 Å². The molecule has 10 heteroatoms. The number of benzene rings is 2. The minimum atomic E-state index is -0.919. The summed E-state index contributed by atoms with van der Waals surface area (Å²) in [7, 11) is 0. The lowest BCUT2D eigenvalue weighted by molar-refractivity contribution is -0.171. The molecule has 9 nitrogen and oxygen atoms in total. The largest absolute Gasteiger partial charge is 0.440 e. The Balaban J connectivity index is 1.53. The Hall–Kier alpha value is -3.37. The number of carbonyl (C=O) groups excluding carboxylic acids is 4. The third-order valence-corrected chi connectivity index (χ3v) is 8.74. The van der Waals surface area contributed by atoms with Gasteiger partial charge in [0.2, 0.25) is 5.91 Å². The molecule has 2 heterocycles. The maximum absolute atomic E-state index is 13.9. The molecule has 0 bridgehead atoms. The van der Waals surface area contributed by atoms with Gasteiger partial charge in [0.05, 0.1) is 11.4 Å². The number of nitrogens with zero attached hydrogens (tertiary/aromatic N) is 3. The SMILES string of the molecule is NN1C(=O)C(=O)N2CCCC2OC(=O)C(N(C(=O)CSc2ccccc2)C2CCCCC2)Cc2ccccc21. The lowest BCUT2D eigenvalue weighted by Crippen LogP contribution is -2.54. The second kappa shape index (κ2) is 12.2. The van der Waals surface area contributed by atoms with Gasteiger partial charge in [0, 0.05) is 30.3 Å². The van der Waals surface area contributed by atoms with E-state index in [0.717, 1.165) is 42.0 Å². The number of esters is 1. The van der Waals surface area contributed by atoms with E-state index < -0.39 is 30.1 Å². The Morgan fingerprint density at radius 2 is 1.64 bits per heavy atom. The molecule has 0 aromatic heterocycles. The number of fused-ring (bicyclic) bond motifs is 2. The van der Waals surface area contributed by atoms with E-state index in [1.807, 2.05) is 30.3 Å². The highest BCUT2D eigenvalue weighted by atomic mass is 32.2. The molecule has 0 radical (unpaired) electrons. The summed E-state index contributed by atoms with van der Waals surface area (Å²) < 4.78 is 5.93. The first-order valence-corrected chi connectivity index (χ1v) is 14.6. The maximum Gasteiger partial charge on any atom is 0.331 e. The zero-order valence-corrected chi connectivity index (χ0v) is 22.7. The minimum absolute atomic E-state index is 0.102. The molecule has 1 saturated carbocycles. The lowest BCUT2D eigenvalue weighted by Gasteiger charge is -2.39. The van der Waals surface area contributed by atoms with Gasteiger partial charge in [-0.05, 0) is 43.0 Å². The van der Waals surface area contributed by atoms with Crippen LogP contribution in [0.4, 0.5) is 5.69 Å². The molecule has 2 atom stereocenters. The van der Waals surface area contributed by atoms with Crippen molar-refractivity contribution >= 4 is 41.1 Å². The number of anilines is 1. The Morgan fingerprint density at radius 1 is 0.923 bits per heavy atom. The van der Waals surface area contributed by atoms with Crippen LogP contribution in [0.2, 0.25) is 0 Å². The third-order valence-electron chi connectivity index (χ3n) is 7.75. The van der Waals surface area contributed by atoms with Crippen molar-refractivity contribution in [3.05, 3.63) is 60.2 Å². The van der Waals surface area contributed by atoms with Gasteiger partial charge in [-0.3, -0.25) is 19.3 Å². The molecule has 2 N–H and O–H groups in total. The van der Waals surface area contributed by atoms with Gasteiger partial charge in [-0.1, -0.05) is 55.7 Å². The van der Waals surface area contributed by atoms with Crippen molar-refractivity contribution < 1.29 is 23.9 Å². The fourth-order valence-corrected chi connectivity index (χ4v) is 6.58. The highest BCUT2D eigenvalue weighted by molar-refractivity contribution is 8.00. The molecule has 2 aromatic carbocycles. The van der Waals surface area contributed by atoms with Crippen molar-refractivity contribution in [2.75, 3.05) is 17.3 Å². The van der Waals surface area contributed by atoms with E-state index in [1.54, 1.807) is 29.2 Å². The summed E-state index contributed by atoms with van der Waals surface area (Å²) in [5.41, 5.74) is 0.926. The Bertz CT molecular complexity index is 1220. The normalized spacial score (nSPS) is 22.5. The van der Waals surface area contributed by atoms with Gasteiger partial charge in [-0.2, -0.15) is 0 Å². The molecular weight excluding hydrogens is 516 g/mol. The number of carbonyl (C=O) groups is 4. The van der Waals surface area contributed by atoms with Crippen LogP contribution >= 0.6 is 11.8 Å². The minimum Gasteiger partial charge on any atom is -0.440 e. The Labute approximate surface area is 232 Å². The molecule has 1 saturated heterocycles. The van der Waals surface area contributed by atoms with Crippen LogP contribution in [0.1, 0.15) is 50.5 Å². The van der Waals surface area contributed by atoms with Crippen molar-refractivity contribution in [1.29, 1.82) is 0 Å². The number of rotatable bonds is 5. The van der Waals surface area contributed by atoms with Crippen LogP contribution in [-0.4, -0.2) is 64.1 Å². The standard InChI is InChI=1S/C29H34N4O5S/c30-33-23-15-8-7-10-20(23)18-24(29(37)38-26-16-9-17-31(26)27(35)28(33)36)32(21-11-3-1-4-12-21)25(34)19-39-22-13-5-2-6-14-22/h2,5-8,10,13-15,21,24,26H,1,3-4,9,11-12,16-19,30H2. The third kappa shape index (κ3) is 5.96. The zero-order valence-electron chi connectivity index (χ0n) is 21.9. The summed E-state index contributed by atoms with van der Waals surface area (Å²) in [5, 5.41) is 0.859. The van der Waals surface area contributed by atoms with Crippen LogP contribution in [0.25, 0.3) is 0 Å². The fraction of sp³-hybridized carbons (Fsp3) is 0.448. The van der Waals surface area contributed by atoms with E-state index in [0.29, 0.717) is 30.6 Å². The number of thioether (sulfide) groups is 1. The van der Waals surface area contributed by atoms with E-state index in [-0.39, 0.29) is 24.1 Å². The number of hydrogen-bond acceptors (Lipinski definition) is 7. The van der Waals surface area contributed by atoms with Gasteiger partial charge in [-0.15, -0.1) is 11.8 Å². The molecule has 5 rings (SSSR count). The van der Waals surface area contributed by atoms with Crippen LogP contribution in [0.5, 0.6) is 0 Å². The summed E-state index contributed by atoms with van der Waals surface area (Å²) in [6.45, 7) is 0.293. The second-order valence-electron chi connectivity index (χ2n) is 10.3. The highest BCUT2D eigenvalue weighted by Crippen LogP contribution is 2.31. The highest BCUT2D eigenvalue weighted by Gasteiger charge is 2.43. The molecular formula is C29H34N4O5S. The van der Waals surface area contributed by atoms with Crippen molar-refractivity contribution in [2.45, 2.75) is 74.6 Å². The van der Waals surface area contributed by atoms with Crippen LogP contribution < -0.4 is 10.9 Å². The zero-order chi connectivity index (χ0) is 27.4. The predicted molar refractivity (Wildman–Crippen MR) is 147 cm³/mol. The van der Waals surface area contributed by atoms with Gasteiger partial charge in [0.25, 0.3) is 0 Å². The van der Waals surface area contributed by atoms with Gasteiger partial charge in [-0.25, -0.2) is 15.6 Å². The fourth-order valence-electron chi connectivity index (χ4n) is 5.79. The smallest absolute Gasteiger partial charge is 0.331 e. The monoisotopic (exact) mass is 550 g/mol. The number of ether oxygens (including phenoxy) is 1. The molecule has 0 spiro atoms. The van der Waals surface area contributed by atoms with Crippen LogP contribution in [0.15, 0.2) is 59.5 Å². The van der Waals surface area contributed by atoms with Gasteiger partial charge < -0.3 is 9.64 Å². The van der Waals surface area contributed by atoms with Gasteiger partial charge in [0.1, 0.15) is 6.04 Å². The summed E-state index contributed by atoms with van der Waals surface area (Å²) in [6, 6.07) is 15.6.